The molecular weight excluding hydrogens is 368 g/mol. The van der Waals surface area contributed by atoms with E-state index in [4.69, 9.17) is 4.42 Å². The van der Waals surface area contributed by atoms with Crippen LogP contribution < -0.4 is 5.32 Å². The minimum atomic E-state index is -0.639. The van der Waals surface area contributed by atoms with Crippen molar-refractivity contribution >= 4 is 5.91 Å². The van der Waals surface area contributed by atoms with E-state index in [1.165, 1.54) is 18.6 Å². The van der Waals surface area contributed by atoms with Gasteiger partial charge in [-0.25, -0.2) is 4.98 Å². The van der Waals surface area contributed by atoms with Gasteiger partial charge < -0.3 is 14.8 Å². The number of benzene rings is 1. The third-order valence-corrected chi connectivity index (χ3v) is 5.14. The SMILES string of the molecule is Cc1ccc(-c2cccc(CN3CC[C@@H](NC(=O)c4cnccn4)[C@H](O)C3)c2)o1. The number of furan rings is 1. The summed E-state index contributed by atoms with van der Waals surface area (Å²) in [5.41, 5.74) is 2.46. The maximum absolute atomic E-state index is 12.3. The Bertz CT molecular complexity index is 973. The van der Waals surface area contributed by atoms with Gasteiger partial charge in [-0.2, -0.15) is 0 Å². The van der Waals surface area contributed by atoms with Crippen LogP contribution in [-0.4, -0.2) is 51.1 Å². The Morgan fingerprint density at radius 3 is 2.93 bits per heavy atom. The topological polar surface area (TPSA) is 91.5 Å². The number of amides is 1. The second-order valence-electron chi connectivity index (χ2n) is 7.37. The van der Waals surface area contributed by atoms with Crippen molar-refractivity contribution in [2.45, 2.75) is 32.0 Å². The fraction of sp³-hybridized carbons (Fsp3) is 0.318. The summed E-state index contributed by atoms with van der Waals surface area (Å²) in [4.78, 5) is 22.4. The predicted octanol–water partition coefficient (Wildman–Crippen LogP) is 2.41. The van der Waals surface area contributed by atoms with Crippen molar-refractivity contribution in [3.63, 3.8) is 0 Å². The molecule has 0 bridgehead atoms. The summed E-state index contributed by atoms with van der Waals surface area (Å²) in [7, 11) is 0. The van der Waals surface area contributed by atoms with E-state index in [9.17, 15) is 9.90 Å². The van der Waals surface area contributed by atoms with E-state index in [0.29, 0.717) is 13.0 Å². The van der Waals surface area contributed by atoms with Crippen molar-refractivity contribution in [2.24, 2.45) is 0 Å². The number of nitrogens with zero attached hydrogens (tertiary/aromatic N) is 3. The number of aryl methyl sites for hydroxylation is 1. The number of piperidine rings is 1. The van der Waals surface area contributed by atoms with Crippen LogP contribution in [-0.2, 0) is 6.54 Å². The van der Waals surface area contributed by atoms with Gasteiger partial charge in [0, 0.05) is 37.6 Å². The van der Waals surface area contributed by atoms with Crippen LogP contribution in [0.1, 0.15) is 28.2 Å². The van der Waals surface area contributed by atoms with E-state index >= 15 is 0 Å². The molecule has 0 saturated carbocycles. The van der Waals surface area contributed by atoms with Crippen LogP contribution in [0.3, 0.4) is 0 Å². The minimum absolute atomic E-state index is 0.257. The fourth-order valence-electron chi connectivity index (χ4n) is 3.64. The lowest BCUT2D eigenvalue weighted by Crippen LogP contribution is -2.53. The van der Waals surface area contributed by atoms with Crippen molar-refractivity contribution in [1.29, 1.82) is 0 Å². The van der Waals surface area contributed by atoms with Crippen molar-refractivity contribution in [1.82, 2.24) is 20.2 Å². The summed E-state index contributed by atoms with van der Waals surface area (Å²) in [6, 6.07) is 11.9. The van der Waals surface area contributed by atoms with Crippen LogP contribution in [0.5, 0.6) is 0 Å². The van der Waals surface area contributed by atoms with Gasteiger partial charge in [0.1, 0.15) is 17.2 Å². The average Bonchev–Trinajstić information content (AvgIpc) is 3.17. The van der Waals surface area contributed by atoms with E-state index in [1.54, 1.807) is 0 Å². The number of nitrogens with one attached hydrogen (secondary N) is 1. The predicted molar refractivity (Wildman–Crippen MR) is 108 cm³/mol. The molecule has 2 aromatic heterocycles. The Morgan fingerprint density at radius 2 is 2.21 bits per heavy atom. The van der Waals surface area contributed by atoms with Crippen molar-refractivity contribution in [3.05, 3.63) is 72.0 Å². The fourth-order valence-corrected chi connectivity index (χ4v) is 3.64. The first-order valence-electron chi connectivity index (χ1n) is 9.71. The Morgan fingerprint density at radius 1 is 1.31 bits per heavy atom. The third kappa shape index (κ3) is 4.70. The summed E-state index contributed by atoms with van der Waals surface area (Å²) in [6.45, 7) is 3.94. The average molecular weight is 392 g/mol. The molecule has 3 aromatic rings. The summed E-state index contributed by atoms with van der Waals surface area (Å²) in [6.07, 6.45) is 4.45. The smallest absolute Gasteiger partial charge is 0.271 e. The second-order valence-corrected chi connectivity index (χ2v) is 7.37. The maximum Gasteiger partial charge on any atom is 0.271 e. The normalized spacial score (nSPS) is 19.8. The van der Waals surface area contributed by atoms with Crippen LogP contribution in [0.4, 0.5) is 0 Å². The zero-order valence-electron chi connectivity index (χ0n) is 16.3. The molecule has 0 spiro atoms. The Balaban J connectivity index is 1.35. The molecule has 29 heavy (non-hydrogen) atoms. The van der Waals surface area contributed by atoms with Gasteiger partial charge in [0.2, 0.25) is 0 Å². The molecule has 150 valence electrons. The molecular formula is C22H24N4O3. The summed E-state index contributed by atoms with van der Waals surface area (Å²) in [5, 5.41) is 13.4. The molecule has 7 heteroatoms. The van der Waals surface area contributed by atoms with E-state index < -0.39 is 6.10 Å². The number of carbonyl (C=O) groups excluding carboxylic acids is 1. The van der Waals surface area contributed by atoms with E-state index in [2.05, 4.69) is 32.3 Å². The van der Waals surface area contributed by atoms with Gasteiger partial charge in [-0.05, 0) is 37.1 Å². The molecule has 1 aliphatic heterocycles. The highest BCUT2D eigenvalue weighted by atomic mass is 16.3. The van der Waals surface area contributed by atoms with E-state index in [1.807, 2.05) is 31.2 Å². The summed E-state index contributed by atoms with van der Waals surface area (Å²) >= 11 is 0. The van der Waals surface area contributed by atoms with Gasteiger partial charge in [0.25, 0.3) is 5.91 Å². The maximum atomic E-state index is 12.3. The summed E-state index contributed by atoms with van der Waals surface area (Å²) < 4.78 is 5.72. The van der Waals surface area contributed by atoms with Crippen molar-refractivity contribution < 1.29 is 14.3 Å². The number of likely N-dealkylation sites (tertiary alicyclic amines) is 1. The van der Waals surface area contributed by atoms with E-state index in [-0.39, 0.29) is 17.6 Å². The largest absolute Gasteiger partial charge is 0.461 e. The van der Waals surface area contributed by atoms with Gasteiger partial charge in [0.05, 0.1) is 18.3 Å². The number of β-amino-alcohol motifs (C(OH)–C–C–N with tert-alkyl or cyclic N) is 1. The van der Waals surface area contributed by atoms with Crippen LogP contribution >= 0.6 is 0 Å². The molecule has 3 heterocycles. The number of aliphatic hydroxyl groups is 1. The highest BCUT2D eigenvalue weighted by Gasteiger charge is 2.29. The van der Waals surface area contributed by atoms with Gasteiger partial charge >= 0.3 is 0 Å². The van der Waals surface area contributed by atoms with Crippen molar-refractivity contribution in [3.8, 4) is 11.3 Å². The van der Waals surface area contributed by atoms with Gasteiger partial charge in [0.15, 0.2) is 0 Å². The van der Waals surface area contributed by atoms with Crippen LogP contribution in [0.15, 0.2) is 59.4 Å². The molecule has 2 N–H and O–H groups in total. The molecule has 1 aliphatic rings. The summed E-state index contributed by atoms with van der Waals surface area (Å²) in [5.74, 6) is 1.44. The highest BCUT2D eigenvalue weighted by Crippen LogP contribution is 2.24. The first kappa shape index (κ1) is 19.3. The number of rotatable bonds is 5. The van der Waals surface area contributed by atoms with Crippen LogP contribution in [0.25, 0.3) is 11.3 Å². The lowest BCUT2D eigenvalue weighted by Gasteiger charge is -2.36. The number of aromatic nitrogens is 2. The standard InChI is InChI=1S/C22H24N4O3/c1-15-5-6-21(29-15)17-4-2-3-16(11-17)13-26-10-7-18(20(27)14-26)25-22(28)19-12-23-8-9-24-19/h2-6,8-9,11-12,18,20,27H,7,10,13-14H2,1H3,(H,25,28)/t18-,20-/m1/s1. The molecule has 2 atom stereocenters. The zero-order chi connectivity index (χ0) is 20.2. The Labute approximate surface area is 169 Å². The molecule has 1 aromatic carbocycles. The zero-order valence-corrected chi connectivity index (χ0v) is 16.3. The monoisotopic (exact) mass is 392 g/mol. The number of hydrogen-bond donors (Lipinski definition) is 2. The minimum Gasteiger partial charge on any atom is -0.461 e. The Kier molecular flexibility index (Phi) is 5.69. The quantitative estimate of drug-likeness (QED) is 0.693. The molecule has 0 aliphatic carbocycles. The van der Waals surface area contributed by atoms with Gasteiger partial charge in [-0.3, -0.25) is 14.7 Å². The molecule has 0 unspecified atom stereocenters. The first-order valence-corrected chi connectivity index (χ1v) is 9.71. The Hall–Kier alpha value is -3.03. The number of carbonyl (C=O) groups is 1. The molecule has 1 fully saturated rings. The van der Waals surface area contributed by atoms with Crippen molar-refractivity contribution in [2.75, 3.05) is 13.1 Å². The lowest BCUT2D eigenvalue weighted by atomic mass is 10.0. The van der Waals surface area contributed by atoms with Crippen LogP contribution in [0.2, 0.25) is 0 Å². The molecule has 1 amide bonds. The third-order valence-electron chi connectivity index (χ3n) is 5.14. The number of hydrogen-bond acceptors (Lipinski definition) is 6. The lowest BCUT2D eigenvalue weighted by molar-refractivity contribution is 0.0348. The molecule has 7 nitrogen and oxygen atoms in total. The molecule has 0 radical (unpaired) electrons. The van der Waals surface area contributed by atoms with Gasteiger partial charge in [-0.1, -0.05) is 18.2 Å². The first-order chi connectivity index (χ1) is 14.1. The van der Waals surface area contributed by atoms with E-state index in [0.717, 1.165) is 35.7 Å². The highest BCUT2D eigenvalue weighted by molar-refractivity contribution is 5.92. The van der Waals surface area contributed by atoms with Crippen LogP contribution in [0, 0.1) is 6.92 Å². The molecule has 4 rings (SSSR count). The van der Waals surface area contributed by atoms with Gasteiger partial charge in [-0.15, -0.1) is 0 Å². The molecule has 1 saturated heterocycles. The second kappa shape index (κ2) is 8.55. The number of aliphatic hydroxyl groups excluding tert-OH is 1.